The molecule has 0 bridgehead atoms. The summed E-state index contributed by atoms with van der Waals surface area (Å²) in [6, 6.07) is 14.8. The molecular formula is C22H22N4O3. The first-order valence-electron chi connectivity index (χ1n) is 9.43. The molecule has 7 nitrogen and oxygen atoms in total. The SMILES string of the molecule is COc1cccc(-c2nc3c(c(=O)[nH]2)CN(C(=O)Nc2ccccc2C)CC3)c1. The summed E-state index contributed by atoms with van der Waals surface area (Å²) in [6.45, 7) is 2.67. The summed E-state index contributed by atoms with van der Waals surface area (Å²) < 4.78 is 5.25. The van der Waals surface area contributed by atoms with E-state index in [4.69, 9.17) is 4.74 Å². The van der Waals surface area contributed by atoms with Crippen LogP contribution in [0.5, 0.6) is 5.75 Å². The van der Waals surface area contributed by atoms with Crippen molar-refractivity contribution in [1.29, 1.82) is 0 Å². The van der Waals surface area contributed by atoms with Gasteiger partial charge >= 0.3 is 6.03 Å². The van der Waals surface area contributed by atoms with E-state index in [1.54, 1.807) is 12.0 Å². The minimum atomic E-state index is -0.221. The van der Waals surface area contributed by atoms with Gasteiger partial charge in [0.2, 0.25) is 0 Å². The van der Waals surface area contributed by atoms with Crippen LogP contribution in [0.3, 0.4) is 0 Å². The fourth-order valence-corrected chi connectivity index (χ4v) is 3.41. The highest BCUT2D eigenvalue weighted by Crippen LogP contribution is 2.23. The second-order valence-corrected chi connectivity index (χ2v) is 6.99. The van der Waals surface area contributed by atoms with Crippen molar-refractivity contribution in [3.8, 4) is 17.1 Å². The third-order valence-electron chi connectivity index (χ3n) is 5.09. The van der Waals surface area contributed by atoms with Gasteiger partial charge in [-0.1, -0.05) is 30.3 Å². The maximum atomic E-state index is 12.7. The molecule has 2 N–H and O–H groups in total. The number of ether oxygens (including phenoxy) is 1. The largest absolute Gasteiger partial charge is 0.497 e. The summed E-state index contributed by atoms with van der Waals surface area (Å²) in [5.74, 6) is 1.20. The number of carbonyl (C=O) groups is 1. The highest BCUT2D eigenvalue weighted by Gasteiger charge is 2.25. The zero-order valence-corrected chi connectivity index (χ0v) is 16.4. The predicted octanol–water partition coefficient (Wildman–Crippen LogP) is 3.34. The van der Waals surface area contributed by atoms with Crippen LogP contribution in [0.15, 0.2) is 53.3 Å². The number of aromatic amines is 1. The first-order chi connectivity index (χ1) is 14.0. The molecule has 4 rings (SSSR count). The quantitative estimate of drug-likeness (QED) is 0.718. The second kappa shape index (κ2) is 7.79. The first kappa shape index (κ1) is 18.7. The molecular weight excluding hydrogens is 368 g/mol. The summed E-state index contributed by atoms with van der Waals surface area (Å²) >= 11 is 0. The molecule has 0 atom stereocenters. The third kappa shape index (κ3) is 3.85. The Morgan fingerprint density at radius 1 is 1.21 bits per heavy atom. The molecule has 0 radical (unpaired) electrons. The van der Waals surface area contributed by atoms with Gasteiger partial charge < -0.3 is 19.9 Å². The third-order valence-corrected chi connectivity index (χ3v) is 5.09. The summed E-state index contributed by atoms with van der Waals surface area (Å²) in [5.41, 5.74) is 3.57. The number of carbonyl (C=O) groups excluding carboxylic acids is 1. The molecule has 3 aromatic rings. The van der Waals surface area contributed by atoms with E-state index in [9.17, 15) is 9.59 Å². The van der Waals surface area contributed by atoms with Crippen LogP contribution < -0.4 is 15.6 Å². The molecule has 0 fully saturated rings. The van der Waals surface area contributed by atoms with Gasteiger partial charge in [-0.25, -0.2) is 9.78 Å². The number of amides is 2. The van der Waals surface area contributed by atoms with Gasteiger partial charge in [0.25, 0.3) is 5.56 Å². The predicted molar refractivity (Wildman–Crippen MR) is 111 cm³/mol. The molecule has 0 saturated heterocycles. The molecule has 7 heteroatoms. The van der Waals surface area contributed by atoms with E-state index >= 15 is 0 Å². The first-order valence-corrected chi connectivity index (χ1v) is 9.43. The van der Waals surface area contributed by atoms with Crippen LogP contribution in [0, 0.1) is 6.92 Å². The second-order valence-electron chi connectivity index (χ2n) is 6.99. The van der Waals surface area contributed by atoms with Crippen molar-refractivity contribution in [3.63, 3.8) is 0 Å². The molecule has 0 unspecified atom stereocenters. The minimum Gasteiger partial charge on any atom is -0.497 e. The van der Waals surface area contributed by atoms with Gasteiger partial charge in [-0.3, -0.25) is 4.79 Å². The highest BCUT2D eigenvalue weighted by molar-refractivity contribution is 5.90. The van der Waals surface area contributed by atoms with Gasteiger partial charge in [-0.15, -0.1) is 0 Å². The molecule has 2 amide bonds. The Morgan fingerprint density at radius 2 is 2.03 bits per heavy atom. The number of nitrogens with zero attached hydrogens (tertiary/aromatic N) is 2. The average Bonchev–Trinajstić information content (AvgIpc) is 2.75. The number of aryl methyl sites for hydroxylation is 1. The van der Waals surface area contributed by atoms with Gasteiger partial charge in [0.05, 0.1) is 24.9 Å². The number of benzene rings is 2. The lowest BCUT2D eigenvalue weighted by molar-refractivity contribution is 0.205. The zero-order valence-electron chi connectivity index (χ0n) is 16.4. The normalized spacial score (nSPS) is 13.0. The Bertz CT molecular complexity index is 1120. The van der Waals surface area contributed by atoms with E-state index in [2.05, 4.69) is 15.3 Å². The number of H-pyrrole nitrogens is 1. The van der Waals surface area contributed by atoms with E-state index in [0.29, 0.717) is 30.1 Å². The lowest BCUT2D eigenvalue weighted by Crippen LogP contribution is -2.41. The van der Waals surface area contributed by atoms with Crippen LogP contribution in [0.4, 0.5) is 10.5 Å². The number of hydrogen-bond acceptors (Lipinski definition) is 4. The molecule has 2 aromatic carbocycles. The lowest BCUT2D eigenvalue weighted by Gasteiger charge is -2.28. The fourth-order valence-electron chi connectivity index (χ4n) is 3.41. The van der Waals surface area contributed by atoms with E-state index in [1.165, 1.54) is 0 Å². The summed E-state index contributed by atoms with van der Waals surface area (Å²) in [5, 5.41) is 2.92. The maximum Gasteiger partial charge on any atom is 0.322 e. The molecule has 2 heterocycles. The van der Waals surface area contributed by atoms with E-state index in [0.717, 1.165) is 22.5 Å². The Hall–Kier alpha value is -3.61. The number of rotatable bonds is 3. The molecule has 148 valence electrons. The molecule has 1 aliphatic heterocycles. The number of nitrogens with one attached hydrogen (secondary N) is 2. The Morgan fingerprint density at radius 3 is 2.83 bits per heavy atom. The van der Waals surface area contributed by atoms with Crippen molar-refractivity contribution in [2.24, 2.45) is 0 Å². The van der Waals surface area contributed by atoms with Crippen LogP contribution >= 0.6 is 0 Å². The van der Waals surface area contributed by atoms with Crippen LogP contribution in [0.2, 0.25) is 0 Å². The number of anilines is 1. The summed E-state index contributed by atoms with van der Waals surface area (Å²) in [7, 11) is 1.60. The van der Waals surface area contributed by atoms with Crippen LogP contribution in [-0.2, 0) is 13.0 Å². The maximum absolute atomic E-state index is 12.7. The van der Waals surface area contributed by atoms with Crippen molar-refractivity contribution in [2.45, 2.75) is 19.9 Å². The van der Waals surface area contributed by atoms with E-state index < -0.39 is 0 Å². The van der Waals surface area contributed by atoms with Crippen molar-refractivity contribution < 1.29 is 9.53 Å². The molecule has 0 aliphatic carbocycles. The number of methoxy groups -OCH3 is 1. The Labute approximate surface area is 168 Å². The van der Waals surface area contributed by atoms with Gasteiger partial charge in [-0.2, -0.15) is 0 Å². The van der Waals surface area contributed by atoms with Gasteiger partial charge in [0, 0.05) is 24.2 Å². The number of urea groups is 1. The standard InChI is InChI=1S/C22H22N4O3/c1-14-6-3-4-9-18(14)24-22(28)26-11-10-19-17(13-26)21(27)25-20(23-19)15-7-5-8-16(12-15)29-2/h3-9,12H,10-11,13H2,1-2H3,(H,24,28)(H,23,25,27). The summed E-state index contributed by atoms with van der Waals surface area (Å²) in [4.78, 5) is 34.5. The number of hydrogen-bond donors (Lipinski definition) is 2. The molecule has 1 aliphatic rings. The van der Waals surface area contributed by atoms with Crippen molar-refractivity contribution in [2.75, 3.05) is 19.0 Å². The van der Waals surface area contributed by atoms with E-state index in [-0.39, 0.29) is 18.1 Å². The Kier molecular flexibility index (Phi) is 5.03. The topological polar surface area (TPSA) is 87.3 Å². The monoisotopic (exact) mass is 390 g/mol. The number of aromatic nitrogens is 2. The fraction of sp³-hybridized carbons (Fsp3) is 0.227. The Balaban J connectivity index is 1.56. The zero-order chi connectivity index (χ0) is 20.4. The van der Waals surface area contributed by atoms with Gasteiger partial charge in [-0.05, 0) is 30.7 Å². The highest BCUT2D eigenvalue weighted by atomic mass is 16.5. The van der Waals surface area contributed by atoms with Crippen LogP contribution in [-0.4, -0.2) is 34.6 Å². The molecule has 1 aromatic heterocycles. The van der Waals surface area contributed by atoms with Crippen molar-refractivity contribution in [3.05, 3.63) is 75.7 Å². The number of fused-ring (bicyclic) bond motifs is 1. The van der Waals surface area contributed by atoms with Crippen molar-refractivity contribution >= 4 is 11.7 Å². The smallest absolute Gasteiger partial charge is 0.322 e. The van der Waals surface area contributed by atoms with Crippen LogP contribution in [0.25, 0.3) is 11.4 Å². The van der Waals surface area contributed by atoms with Crippen LogP contribution in [0.1, 0.15) is 16.8 Å². The molecule has 29 heavy (non-hydrogen) atoms. The molecule has 0 spiro atoms. The molecule has 0 saturated carbocycles. The summed E-state index contributed by atoms with van der Waals surface area (Å²) in [6.07, 6.45) is 0.525. The van der Waals surface area contributed by atoms with Gasteiger partial charge in [0.1, 0.15) is 11.6 Å². The number of para-hydroxylation sites is 1. The average molecular weight is 390 g/mol. The lowest BCUT2D eigenvalue weighted by atomic mass is 10.1. The van der Waals surface area contributed by atoms with Crippen molar-refractivity contribution in [1.82, 2.24) is 14.9 Å². The van der Waals surface area contributed by atoms with E-state index in [1.807, 2.05) is 55.5 Å². The minimum absolute atomic E-state index is 0.221. The van der Waals surface area contributed by atoms with Gasteiger partial charge in [0.15, 0.2) is 0 Å².